The van der Waals surface area contributed by atoms with Crippen LogP contribution < -0.4 is 43.0 Å². The summed E-state index contributed by atoms with van der Waals surface area (Å²) in [5.74, 6) is 1.01. The molecule has 9 aliphatic rings. The first-order chi connectivity index (χ1) is 39.9. The van der Waals surface area contributed by atoms with Crippen LogP contribution in [0.1, 0.15) is 246 Å². The molecule has 9 N–H and O–H groups in total. The normalized spacial score (nSPS) is 23.7. The highest BCUT2D eigenvalue weighted by Gasteiger charge is 2.40. The molecule has 4 heterocycles. The number of rotatable bonds is 19. The number of Topliss-reactive ketones (excluding diaryl/α,β-unsaturated/α-hetero) is 3. The average molecular weight is 1270 g/mol. The largest absolute Gasteiger partial charge is 0.375 e. The van der Waals surface area contributed by atoms with Crippen LogP contribution in [0.2, 0.25) is 0 Å². The fourth-order valence-electron chi connectivity index (χ4n) is 12.1. The van der Waals surface area contributed by atoms with Gasteiger partial charge in [-0.05, 0) is 206 Å². The smallest absolute Gasteiger partial charge is 0.180 e. The average Bonchev–Trinajstić information content (AvgIpc) is 4.59. The quantitative estimate of drug-likeness (QED) is 0.0593. The van der Waals surface area contributed by atoms with Crippen LogP contribution in [0.15, 0.2) is 11.8 Å². The molecule has 498 valence electrons. The number of hydrogen-bond acceptors (Lipinski definition) is 17. The van der Waals surface area contributed by atoms with Crippen molar-refractivity contribution in [1.29, 1.82) is 0 Å². The van der Waals surface area contributed by atoms with Gasteiger partial charge in [-0.15, -0.1) is 23.7 Å². The molecule has 10 rings (SSSR count). The van der Waals surface area contributed by atoms with E-state index in [9.17, 15) is 14.4 Å². The van der Waals surface area contributed by atoms with Gasteiger partial charge in [-0.3, -0.25) is 14.4 Å². The molecule has 4 saturated carbocycles. The van der Waals surface area contributed by atoms with Gasteiger partial charge in [0, 0.05) is 105 Å². The van der Waals surface area contributed by atoms with E-state index in [-0.39, 0.29) is 44.4 Å². The van der Waals surface area contributed by atoms with E-state index in [0.29, 0.717) is 54.0 Å². The van der Waals surface area contributed by atoms with Crippen molar-refractivity contribution in [1.82, 2.24) is 47.1 Å². The number of aromatic nitrogens is 1. The Morgan fingerprint density at radius 1 is 0.600 bits per heavy atom. The van der Waals surface area contributed by atoms with Crippen LogP contribution in [0.4, 0.5) is 5.13 Å². The molecule has 3 aliphatic heterocycles. The Morgan fingerprint density at radius 3 is 1.46 bits per heavy atom. The molecule has 15 nitrogen and oxygen atoms in total. The summed E-state index contributed by atoms with van der Waals surface area (Å²) in [5, 5.41) is 25.0. The third kappa shape index (κ3) is 35.1. The van der Waals surface area contributed by atoms with E-state index in [1.807, 2.05) is 0 Å². The van der Waals surface area contributed by atoms with Gasteiger partial charge in [0.2, 0.25) is 0 Å². The Labute approximate surface area is 542 Å². The van der Waals surface area contributed by atoms with Crippen molar-refractivity contribution >= 4 is 72.3 Å². The van der Waals surface area contributed by atoms with E-state index < -0.39 is 0 Å². The number of nitrogens with two attached hydrogens (primary N) is 1. The number of hydrogen-bond donors (Lipinski definition) is 9. The van der Waals surface area contributed by atoms with Crippen molar-refractivity contribution in [3.05, 3.63) is 22.3 Å². The number of thiazole rings is 1. The van der Waals surface area contributed by atoms with Crippen molar-refractivity contribution in [2.24, 2.45) is 0 Å². The van der Waals surface area contributed by atoms with Gasteiger partial charge in [-0.2, -0.15) is 26.1 Å². The van der Waals surface area contributed by atoms with E-state index >= 15 is 0 Å². The van der Waals surface area contributed by atoms with Gasteiger partial charge in [0.25, 0.3) is 0 Å². The fourth-order valence-corrected chi connectivity index (χ4v) is 13.4. The Hall–Kier alpha value is -1.39. The van der Waals surface area contributed by atoms with Crippen LogP contribution in [0.25, 0.3) is 0 Å². The van der Waals surface area contributed by atoms with Crippen LogP contribution in [0.5, 0.6) is 0 Å². The van der Waals surface area contributed by atoms with Crippen LogP contribution >= 0.6 is 49.9 Å². The summed E-state index contributed by atoms with van der Waals surface area (Å²) in [6.07, 6.45) is 37.0. The topological polar surface area (TPSA) is 196 Å². The number of nitrogens with zero attached hydrogens (tertiary/aromatic N) is 2. The molecule has 4 atom stereocenters. The predicted molar refractivity (Wildman–Crippen MR) is 372 cm³/mol. The lowest BCUT2D eigenvalue weighted by atomic mass is 9.90. The number of thiol groups is 1. The molecule has 1 spiro atoms. The lowest BCUT2D eigenvalue weighted by molar-refractivity contribution is -0.179. The first kappa shape index (κ1) is 81.6. The maximum absolute atomic E-state index is 11.1. The van der Waals surface area contributed by atoms with Crippen molar-refractivity contribution in [3.63, 3.8) is 0 Å². The number of aryl methyl sites for hydroxylation is 1. The number of ether oxygens (including phenoxy) is 2. The SMILES string of the molecule is C.C1CCNC1.CCCNC1CC=C(N2CCCC2)CC1.CCCNC1CCC(=O)C(S)C1.CCCNC1CCC(=O)CC1.CCCNC1CCC(=O)CC1.CCCNC1CCC2(CC1)OCCO2.CCCNC1CCc2nc(N)sc2C1.Cl.S. The van der Waals surface area contributed by atoms with Crippen LogP contribution in [0, 0.1) is 0 Å². The number of allylic oxidation sites excluding steroid dienone is 1. The second kappa shape index (κ2) is 50.3. The van der Waals surface area contributed by atoms with Gasteiger partial charge in [0.15, 0.2) is 10.9 Å². The molecule has 0 aromatic carbocycles. The number of carbonyl (C=O) groups is 3. The molecule has 19 heteroatoms. The monoisotopic (exact) mass is 1270 g/mol. The molecule has 1 aromatic heterocycles. The zero-order chi connectivity index (χ0) is 59.1. The molecule has 85 heavy (non-hydrogen) atoms. The molecule has 1 aromatic rings. The molecule has 0 amide bonds. The number of nitrogen functional groups attached to an aromatic ring is 1. The van der Waals surface area contributed by atoms with Gasteiger partial charge >= 0.3 is 0 Å². The van der Waals surface area contributed by atoms with Gasteiger partial charge in [-0.1, -0.05) is 55.0 Å². The maximum atomic E-state index is 11.1. The molecule has 0 radical (unpaired) electrons. The summed E-state index contributed by atoms with van der Waals surface area (Å²) >= 11 is 5.90. The number of ketones is 3. The number of likely N-dealkylation sites (tertiary alicyclic amines) is 1. The van der Waals surface area contributed by atoms with Crippen molar-refractivity contribution in [2.75, 3.05) is 84.4 Å². The first-order valence-electron chi connectivity index (χ1n) is 33.7. The lowest BCUT2D eigenvalue weighted by Gasteiger charge is -2.35. The third-order valence-electron chi connectivity index (χ3n) is 17.2. The first-order valence-corrected chi connectivity index (χ1v) is 35.1. The summed E-state index contributed by atoms with van der Waals surface area (Å²) in [7, 11) is 0. The van der Waals surface area contributed by atoms with E-state index in [0.717, 1.165) is 153 Å². The minimum absolute atomic E-state index is 0. The van der Waals surface area contributed by atoms with Gasteiger partial charge in [0.1, 0.15) is 17.3 Å². The van der Waals surface area contributed by atoms with Crippen molar-refractivity contribution < 1.29 is 23.9 Å². The van der Waals surface area contributed by atoms with E-state index in [2.05, 4.69) is 107 Å². The Balaban J connectivity index is 0.000000499. The lowest BCUT2D eigenvalue weighted by Crippen LogP contribution is -2.42. The fraction of sp³-hybridized carbons (Fsp3) is 0.879. The number of anilines is 1. The van der Waals surface area contributed by atoms with Crippen LogP contribution in [-0.4, -0.2) is 153 Å². The molecule has 3 saturated heterocycles. The van der Waals surface area contributed by atoms with E-state index in [4.69, 9.17) is 15.2 Å². The second-order valence-corrected chi connectivity index (χ2v) is 26.1. The number of carbonyl (C=O) groups excluding carboxylic acids is 3. The minimum Gasteiger partial charge on any atom is -0.375 e. The summed E-state index contributed by atoms with van der Waals surface area (Å²) in [5.41, 5.74) is 8.56. The maximum Gasteiger partial charge on any atom is 0.180 e. The van der Waals surface area contributed by atoms with E-state index in [1.54, 1.807) is 17.0 Å². The molecule has 0 bridgehead atoms. The third-order valence-corrected chi connectivity index (χ3v) is 18.6. The summed E-state index contributed by atoms with van der Waals surface area (Å²) in [6, 6.07) is 3.83. The number of fused-ring (bicyclic) bond motifs is 1. The Bertz CT molecular complexity index is 1800. The second-order valence-electron chi connectivity index (χ2n) is 24.4. The van der Waals surface area contributed by atoms with Crippen LogP contribution in [0.3, 0.4) is 0 Å². The van der Waals surface area contributed by atoms with Gasteiger partial charge in [0.05, 0.1) is 24.2 Å². The summed E-state index contributed by atoms with van der Waals surface area (Å²) in [4.78, 5) is 41.1. The molecule has 7 fully saturated rings. The predicted octanol–water partition coefficient (Wildman–Crippen LogP) is 11.7. The van der Waals surface area contributed by atoms with Gasteiger partial charge in [-0.25, -0.2) is 4.98 Å². The van der Waals surface area contributed by atoms with Crippen molar-refractivity contribution in [2.45, 2.75) is 295 Å². The van der Waals surface area contributed by atoms with Crippen LogP contribution in [-0.2, 0) is 36.7 Å². The molecule has 4 unspecified atom stereocenters. The minimum atomic E-state index is -0.190. The zero-order valence-electron chi connectivity index (χ0n) is 53.8. The highest BCUT2D eigenvalue weighted by molar-refractivity contribution is 7.81. The zero-order valence-corrected chi connectivity index (χ0v) is 57.3. The Morgan fingerprint density at radius 2 is 1.02 bits per heavy atom. The Kier molecular flexibility index (Phi) is 48.3. The highest BCUT2D eigenvalue weighted by atomic mass is 35.5. The number of nitrogens with one attached hydrogen (secondary N) is 7. The summed E-state index contributed by atoms with van der Waals surface area (Å²) < 4.78 is 11.4. The highest BCUT2D eigenvalue weighted by Crippen LogP contribution is 2.36. The van der Waals surface area contributed by atoms with Gasteiger partial charge < -0.3 is 57.3 Å². The molecular weight excluding hydrogens is 1140 g/mol. The molecule has 6 aliphatic carbocycles. The summed E-state index contributed by atoms with van der Waals surface area (Å²) in [6.45, 7) is 26.5. The standard InChI is InChI=1S/C13H24N2.C11H21NO2.C10H17N3S.C9H17NOS.2C9H17NO.C4H9N.CH4.ClH.H2S/c1-2-9-14-12-5-7-13(8-6-12)15-10-3-4-11-15;1-2-7-12-10-3-5-11(6-4-10)13-8-9-14-11;1-2-5-12-7-3-4-8-9(6-7)14-10(11)13-8;1-2-5-10-7-3-4-8(11)9(12)6-7;2*1-2-7-10-8-3-5-9(11)6-4-8;1-2-4-5-3-1;;;/h7,12,14H,2-6,8-11H2,1H3;10,12H,2-9H2,1H3;7,12H,2-6H2,1H3,(H2,11,13);7,9-10,12H,2-6H2,1H3;2*8,10H,2-7H2,1H3;5H,1-4H2;1H4;1H;1H2. The van der Waals surface area contributed by atoms with E-state index in [1.165, 1.54) is 140 Å². The molecular formula is C66H129ClN10O5S3. The number of halogens is 1. The van der Waals surface area contributed by atoms with Crippen molar-refractivity contribution in [3.8, 4) is 0 Å².